The van der Waals surface area contributed by atoms with Crippen molar-refractivity contribution in [3.05, 3.63) is 59.9 Å². The van der Waals surface area contributed by atoms with Gasteiger partial charge in [-0.3, -0.25) is 4.79 Å². The molecule has 0 aliphatic carbocycles. The van der Waals surface area contributed by atoms with E-state index in [0.29, 0.717) is 10.6 Å². The number of hydrogen-bond donors (Lipinski definition) is 1. The van der Waals surface area contributed by atoms with Gasteiger partial charge in [0, 0.05) is 10.6 Å². The number of benzene rings is 2. The fourth-order valence-corrected chi connectivity index (χ4v) is 3.61. The highest BCUT2D eigenvalue weighted by atomic mass is 32.2. The predicted octanol–water partition coefficient (Wildman–Crippen LogP) is 2.75. The van der Waals surface area contributed by atoms with Gasteiger partial charge in [0.1, 0.15) is 19.0 Å². The Kier molecular flexibility index (Phi) is 6.98. The number of nitrogens with one attached hydrogen (secondary N) is 1. The van der Waals surface area contributed by atoms with Crippen LogP contribution in [0.2, 0.25) is 0 Å². The minimum Gasteiger partial charge on any atom is -0.464 e. The van der Waals surface area contributed by atoms with Gasteiger partial charge in [0.15, 0.2) is 0 Å². The molecule has 1 N–H and O–H groups in total. The lowest BCUT2D eigenvalue weighted by atomic mass is 10.2. The molecule has 0 spiro atoms. The number of halogens is 1. The molecular weight excluding hydrogens is 365 g/mol. The zero-order valence-corrected chi connectivity index (χ0v) is 15.2. The maximum atomic E-state index is 13.4. The van der Waals surface area contributed by atoms with Crippen molar-refractivity contribution in [3.63, 3.8) is 0 Å². The van der Waals surface area contributed by atoms with Crippen molar-refractivity contribution < 1.29 is 22.3 Å². The second kappa shape index (κ2) is 8.98. The highest BCUT2D eigenvalue weighted by Crippen LogP contribution is 2.20. The molecule has 0 heterocycles. The van der Waals surface area contributed by atoms with Crippen LogP contribution in [0.15, 0.2) is 58.3 Å². The largest absolute Gasteiger partial charge is 0.464 e. The molecule has 0 saturated heterocycles. The molecule has 25 heavy (non-hydrogen) atoms. The highest BCUT2D eigenvalue weighted by molar-refractivity contribution is 7.99. The van der Waals surface area contributed by atoms with Crippen molar-refractivity contribution in [2.45, 2.75) is 16.7 Å². The fraction of sp³-hybridized carbons (Fsp3) is 0.235. The molecule has 0 aromatic heterocycles. The summed E-state index contributed by atoms with van der Waals surface area (Å²) in [6, 6.07) is 12.6. The van der Waals surface area contributed by atoms with Gasteiger partial charge >= 0.3 is 5.97 Å². The first-order valence-corrected chi connectivity index (χ1v) is 9.94. The van der Waals surface area contributed by atoms with Gasteiger partial charge in [0.25, 0.3) is 0 Å². The van der Waals surface area contributed by atoms with Gasteiger partial charge in [-0.05, 0) is 31.2 Å². The summed E-state index contributed by atoms with van der Waals surface area (Å²) in [5, 5.41) is 0. The summed E-state index contributed by atoms with van der Waals surface area (Å²) in [6.45, 7) is 1.45. The molecule has 5 nitrogen and oxygen atoms in total. The number of sulfonamides is 1. The fourth-order valence-electron chi connectivity index (χ4n) is 1.87. The number of thioether (sulfide) groups is 1. The van der Waals surface area contributed by atoms with Crippen LogP contribution in [0, 0.1) is 12.7 Å². The van der Waals surface area contributed by atoms with E-state index in [1.54, 1.807) is 30.3 Å². The molecule has 0 saturated carbocycles. The lowest BCUT2D eigenvalue weighted by Gasteiger charge is -2.08. The molecular formula is C17H18FNO4S2. The standard InChI is InChI=1S/C17H18FNO4S2/c1-13-6-8-14(9-7-13)25(21,22)19-12-17(20)23-10-11-24-16-5-3-2-4-15(16)18/h2-9,19H,10-12H2,1H3. The van der Waals surface area contributed by atoms with Gasteiger partial charge in [-0.25, -0.2) is 12.8 Å². The summed E-state index contributed by atoms with van der Waals surface area (Å²) in [4.78, 5) is 12.2. The van der Waals surface area contributed by atoms with Crippen LogP contribution in [0.5, 0.6) is 0 Å². The quantitative estimate of drug-likeness (QED) is 0.431. The molecule has 0 bridgehead atoms. The first-order valence-electron chi connectivity index (χ1n) is 7.48. The van der Waals surface area contributed by atoms with E-state index in [1.807, 2.05) is 6.92 Å². The number of carbonyl (C=O) groups excluding carboxylic acids is 1. The average Bonchev–Trinajstić information content (AvgIpc) is 2.59. The molecule has 2 rings (SSSR count). The third-order valence-electron chi connectivity index (χ3n) is 3.18. The molecule has 0 fully saturated rings. The molecule has 0 aliphatic rings. The van der Waals surface area contributed by atoms with Crippen molar-refractivity contribution >= 4 is 27.8 Å². The number of hydrogen-bond acceptors (Lipinski definition) is 5. The minimum atomic E-state index is -3.76. The van der Waals surface area contributed by atoms with E-state index in [-0.39, 0.29) is 17.3 Å². The summed E-state index contributed by atoms with van der Waals surface area (Å²) in [6.07, 6.45) is 0. The van der Waals surface area contributed by atoms with Gasteiger partial charge in [-0.1, -0.05) is 29.8 Å². The third kappa shape index (κ3) is 6.15. The molecule has 0 radical (unpaired) electrons. The molecule has 2 aromatic rings. The summed E-state index contributed by atoms with van der Waals surface area (Å²) >= 11 is 1.22. The van der Waals surface area contributed by atoms with Crippen LogP contribution in [-0.2, 0) is 19.6 Å². The maximum absolute atomic E-state index is 13.4. The lowest BCUT2D eigenvalue weighted by molar-refractivity contribution is -0.141. The summed E-state index contributed by atoms with van der Waals surface area (Å²) in [7, 11) is -3.76. The highest BCUT2D eigenvalue weighted by Gasteiger charge is 2.15. The van der Waals surface area contributed by atoms with E-state index in [9.17, 15) is 17.6 Å². The van der Waals surface area contributed by atoms with Crippen LogP contribution in [0.3, 0.4) is 0 Å². The average molecular weight is 383 g/mol. The van der Waals surface area contributed by atoms with E-state index in [2.05, 4.69) is 4.72 Å². The molecule has 8 heteroatoms. The molecule has 0 unspecified atom stereocenters. The monoisotopic (exact) mass is 383 g/mol. The van der Waals surface area contributed by atoms with E-state index in [4.69, 9.17) is 4.74 Å². The summed E-state index contributed by atoms with van der Waals surface area (Å²) < 4.78 is 44.6. The number of aryl methyl sites for hydroxylation is 1. The van der Waals surface area contributed by atoms with E-state index >= 15 is 0 Å². The Labute approximate surface area is 150 Å². The van der Waals surface area contributed by atoms with Gasteiger partial charge in [-0.2, -0.15) is 4.72 Å². The Morgan fingerprint density at radius 2 is 1.84 bits per heavy atom. The van der Waals surface area contributed by atoms with E-state index in [1.165, 1.54) is 30.0 Å². The normalized spacial score (nSPS) is 11.3. The summed E-state index contributed by atoms with van der Waals surface area (Å²) in [5.41, 5.74) is 0.936. The molecule has 134 valence electrons. The van der Waals surface area contributed by atoms with Gasteiger partial charge < -0.3 is 4.74 Å². The SMILES string of the molecule is Cc1ccc(S(=O)(=O)NCC(=O)OCCSc2ccccc2F)cc1. The van der Waals surface area contributed by atoms with Crippen molar-refractivity contribution in [2.24, 2.45) is 0 Å². The van der Waals surface area contributed by atoms with Crippen molar-refractivity contribution in [3.8, 4) is 0 Å². The number of esters is 1. The Hall–Kier alpha value is -1.90. The first-order chi connectivity index (χ1) is 11.9. The lowest BCUT2D eigenvalue weighted by Crippen LogP contribution is -2.31. The smallest absolute Gasteiger partial charge is 0.321 e. The maximum Gasteiger partial charge on any atom is 0.321 e. The van der Waals surface area contributed by atoms with Crippen molar-refractivity contribution in [1.29, 1.82) is 0 Å². The van der Waals surface area contributed by atoms with Crippen LogP contribution >= 0.6 is 11.8 Å². The second-order valence-electron chi connectivity index (χ2n) is 5.14. The zero-order chi connectivity index (χ0) is 18.3. The number of carbonyl (C=O) groups is 1. The zero-order valence-electron chi connectivity index (χ0n) is 13.6. The predicted molar refractivity (Wildman–Crippen MR) is 94.5 cm³/mol. The van der Waals surface area contributed by atoms with Crippen LogP contribution < -0.4 is 4.72 Å². The Morgan fingerprint density at radius 3 is 2.52 bits per heavy atom. The van der Waals surface area contributed by atoms with Gasteiger partial charge in [0.2, 0.25) is 10.0 Å². The Morgan fingerprint density at radius 1 is 1.16 bits per heavy atom. The van der Waals surface area contributed by atoms with Crippen LogP contribution in [0.25, 0.3) is 0 Å². The Bertz CT molecular complexity index is 823. The molecule has 0 amide bonds. The molecule has 2 aromatic carbocycles. The minimum absolute atomic E-state index is 0.0596. The van der Waals surface area contributed by atoms with Gasteiger partial charge in [-0.15, -0.1) is 11.8 Å². The van der Waals surface area contributed by atoms with Crippen LogP contribution in [-0.4, -0.2) is 33.3 Å². The van der Waals surface area contributed by atoms with E-state index in [0.717, 1.165) is 5.56 Å². The van der Waals surface area contributed by atoms with Crippen LogP contribution in [0.1, 0.15) is 5.56 Å². The van der Waals surface area contributed by atoms with Crippen molar-refractivity contribution in [2.75, 3.05) is 18.9 Å². The van der Waals surface area contributed by atoms with Crippen molar-refractivity contribution in [1.82, 2.24) is 4.72 Å². The van der Waals surface area contributed by atoms with E-state index < -0.39 is 22.5 Å². The topological polar surface area (TPSA) is 72.5 Å². The Balaban J connectivity index is 1.73. The van der Waals surface area contributed by atoms with Crippen LogP contribution in [0.4, 0.5) is 4.39 Å². The molecule has 0 aliphatic heterocycles. The summed E-state index contributed by atoms with van der Waals surface area (Å²) in [5.74, 6) is -0.647. The number of rotatable bonds is 8. The molecule has 0 atom stereocenters. The number of ether oxygens (including phenoxy) is 1. The first kappa shape index (κ1) is 19.4. The second-order valence-corrected chi connectivity index (χ2v) is 8.04. The third-order valence-corrected chi connectivity index (χ3v) is 5.61. The van der Waals surface area contributed by atoms with Gasteiger partial charge in [0.05, 0.1) is 4.90 Å².